The molecular weight excluding hydrogens is 515 g/mol. The summed E-state index contributed by atoms with van der Waals surface area (Å²) in [6, 6.07) is 24.2. The van der Waals surface area contributed by atoms with Gasteiger partial charge in [-0.15, -0.1) is 10.2 Å². The molecule has 0 unspecified atom stereocenters. The normalized spacial score (nSPS) is 10.7. The monoisotopic (exact) mass is 538 g/mol. The van der Waals surface area contributed by atoms with E-state index in [0.29, 0.717) is 22.4 Å². The highest BCUT2D eigenvalue weighted by molar-refractivity contribution is 7.99. The number of nitrogens with one attached hydrogen (secondary N) is 2. The summed E-state index contributed by atoms with van der Waals surface area (Å²) in [5.74, 6) is -0.723. The third-order valence-electron chi connectivity index (χ3n) is 5.81. The second kappa shape index (κ2) is 11.7. The van der Waals surface area contributed by atoms with Crippen molar-refractivity contribution in [3.63, 3.8) is 0 Å². The van der Waals surface area contributed by atoms with Gasteiger partial charge in [0.2, 0.25) is 5.91 Å². The van der Waals surface area contributed by atoms with Crippen LogP contribution < -0.4 is 10.6 Å². The number of amides is 2. The van der Waals surface area contributed by atoms with Crippen LogP contribution >= 0.6 is 11.8 Å². The van der Waals surface area contributed by atoms with Crippen LogP contribution in [0.4, 0.5) is 15.8 Å². The Balaban J connectivity index is 1.30. The molecule has 5 aromatic rings. The average Bonchev–Trinajstić information content (AvgIpc) is 3.39. The van der Waals surface area contributed by atoms with Gasteiger partial charge in [0.15, 0.2) is 11.0 Å². The summed E-state index contributed by atoms with van der Waals surface area (Å²) in [4.78, 5) is 29.5. The Morgan fingerprint density at radius 2 is 1.64 bits per heavy atom. The molecule has 0 aliphatic heterocycles. The van der Waals surface area contributed by atoms with E-state index in [1.807, 2.05) is 54.0 Å². The van der Waals surface area contributed by atoms with Crippen LogP contribution in [0.5, 0.6) is 0 Å². The van der Waals surface area contributed by atoms with Crippen LogP contribution in [0.15, 0.2) is 102 Å². The van der Waals surface area contributed by atoms with Crippen LogP contribution in [0.3, 0.4) is 0 Å². The molecule has 0 atom stereocenters. The summed E-state index contributed by atoms with van der Waals surface area (Å²) in [6.07, 6.45) is 3.38. The maximum absolute atomic E-state index is 14.0. The molecule has 0 saturated heterocycles. The van der Waals surface area contributed by atoms with Crippen molar-refractivity contribution in [2.24, 2.45) is 0 Å². The minimum atomic E-state index is -0.608. The van der Waals surface area contributed by atoms with E-state index in [1.54, 1.807) is 36.7 Å². The summed E-state index contributed by atoms with van der Waals surface area (Å²) in [6.45, 7) is 1.85. The molecule has 0 saturated carbocycles. The van der Waals surface area contributed by atoms with Crippen LogP contribution in [0.25, 0.3) is 17.1 Å². The number of anilines is 2. The standard InChI is InChI=1S/C29H23FN6O2S/c1-19-11-12-21(32-28(38)23-9-5-6-10-24(23)30)17-25(19)33-26(37)18-39-29-35-34-27(20-13-15-31-16-14-20)36(29)22-7-3-2-4-8-22/h2-17H,18H2,1H3,(H,32,38)(H,33,37). The summed E-state index contributed by atoms with van der Waals surface area (Å²) in [5.41, 5.74) is 3.43. The number of thioether (sulfide) groups is 1. The minimum absolute atomic E-state index is 0.0614. The number of hydrogen-bond donors (Lipinski definition) is 2. The van der Waals surface area contributed by atoms with E-state index in [9.17, 15) is 14.0 Å². The van der Waals surface area contributed by atoms with Crippen molar-refractivity contribution in [1.29, 1.82) is 0 Å². The van der Waals surface area contributed by atoms with E-state index in [-0.39, 0.29) is 17.2 Å². The molecule has 0 aliphatic carbocycles. The van der Waals surface area contributed by atoms with Crippen molar-refractivity contribution >= 4 is 35.0 Å². The summed E-state index contributed by atoms with van der Waals surface area (Å²) >= 11 is 1.25. The fraction of sp³-hybridized carbons (Fsp3) is 0.0690. The third-order valence-corrected chi connectivity index (χ3v) is 6.74. The summed E-state index contributed by atoms with van der Waals surface area (Å²) < 4.78 is 15.9. The number of hydrogen-bond acceptors (Lipinski definition) is 6. The molecule has 2 aromatic heterocycles. The second-order valence-corrected chi connectivity index (χ2v) is 9.46. The molecule has 39 heavy (non-hydrogen) atoms. The number of benzene rings is 3. The number of para-hydroxylation sites is 1. The molecule has 0 aliphatic rings. The van der Waals surface area contributed by atoms with Crippen LogP contribution in [-0.4, -0.2) is 37.3 Å². The molecule has 2 heterocycles. The van der Waals surface area contributed by atoms with Gasteiger partial charge >= 0.3 is 0 Å². The Kier molecular flexibility index (Phi) is 7.74. The first-order valence-corrected chi connectivity index (χ1v) is 13.0. The van der Waals surface area contributed by atoms with E-state index in [2.05, 4.69) is 25.8 Å². The quantitative estimate of drug-likeness (QED) is 0.244. The van der Waals surface area contributed by atoms with E-state index in [0.717, 1.165) is 16.8 Å². The van der Waals surface area contributed by atoms with E-state index >= 15 is 0 Å². The zero-order valence-corrected chi connectivity index (χ0v) is 21.7. The lowest BCUT2D eigenvalue weighted by atomic mass is 10.1. The van der Waals surface area contributed by atoms with Crippen molar-refractivity contribution in [2.75, 3.05) is 16.4 Å². The molecule has 5 rings (SSSR count). The van der Waals surface area contributed by atoms with Gasteiger partial charge in [0, 0.05) is 35.0 Å². The number of nitrogens with zero attached hydrogens (tertiary/aromatic N) is 4. The number of aromatic nitrogens is 4. The first kappa shape index (κ1) is 25.8. The fourth-order valence-electron chi connectivity index (χ4n) is 3.86. The lowest BCUT2D eigenvalue weighted by Gasteiger charge is -2.12. The van der Waals surface area contributed by atoms with Crippen LogP contribution in [0.1, 0.15) is 15.9 Å². The van der Waals surface area contributed by atoms with Gasteiger partial charge < -0.3 is 10.6 Å². The van der Waals surface area contributed by atoms with Gasteiger partial charge in [-0.3, -0.25) is 19.1 Å². The van der Waals surface area contributed by atoms with E-state index < -0.39 is 11.7 Å². The van der Waals surface area contributed by atoms with Crippen LogP contribution in [-0.2, 0) is 4.79 Å². The molecule has 2 amide bonds. The Morgan fingerprint density at radius 3 is 2.41 bits per heavy atom. The van der Waals surface area contributed by atoms with Crippen LogP contribution in [0.2, 0.25) is 0 Å². The molecule has 0 fully saturated rings. The predicted molar refractivity (Wildman–Crippen MR) is 149 cm³/mol. The first-order valence-electron chi connectivity index (χ1n) is 12.0. The fourth-order valence-corrected chi connectivity index (χ4v) is 4.61. The smallest absolute Gasteiger partial charge is 0.258 e. The second-order valence-electron chi connectivity index (χ2n) is 8.51. The van der Waals surface area contributed by atoms with Gasteiger partial charge in [0.1, 0.15) is 5.82 Å². The highest BCUT2D eigenvalue weighted by Crippen LogP contribution is 2.28. The lowest BCUT2D eigenvalue weighted by Crippen LogP contribution is -2.17. The molecular formula is C29H23FN6O2S. The minimum Gasteiger partial charge on any atom is -0.325 e. The van der Waals surface area contributed by atoms with Crippen LogP contribution in [0, 0.1) is 12.7 Å². The van der Waals surface area contributed by atoms with Gasteiger partial charge in [-0.1, -0.05) is 48.2 Å². The van der Waals surface area contributed by atoms with Crippen molar-refractivity contribution in [3.8, 4) is 17.1 Å². The summed E-state index contributed by atoms with van der Waals surface area (Å²) in [5, 5.41) is 14.9. The van der Waals surface area contributed by atoms with Gasteiger partial charge in [0.25, 0.3) is 5.91 Å². The first-order chi connectivity index (χ1) is 19.0. The molecule has 0 bridgehead atoms. The number of carbonyl (C=O) groups excluding carboxylic acids is 2. The Labute approximate surface area is 228 Å². The zero-order valence-electron chi connectivity index (χ0n) is 20.8. The number of carbonyl (C=O) groups is 2. The topological polar surface area (TPSA) is 102 Å². The highest BCUT2D eigenvalue weighted by Gasteiger charge is 2.18. The number of pyridine rings is 1. The average molecular weight is 539 g/mol. The van der Waals surface area contributed by atoms with Crippen molar-refractivity contribution in [1.82, 2.24) is 19.7 Å². The predicted octanol–water partition coefficient (Wildman–Crippen LogP) is 5.76. The lowest BCUT2D eigenvalue weighted by molar-refractivity contribution is -0.113. The van der Waals surface area contributed by atoms with Gasteiger partial charge in [0.05, 0.1) is 11.3 Å². The SMILES string of the molecule is Cc1ccc(NC(=O)c2ccccc2F)cc1NC(=O)CSc1nnc(-c2ccncc2)n1-c1ccccc1. The zero-order chi connectivity index (χ0) is 27.2. The van der Waals surface area contributed by atoms with E-state index in [4.69, 9.17) is 0 Å². The molecule has 3 aromatic carbocycles. The van der Waals surface area contributed by atoms with Gasteiger partial charge in [-0.25, -0.2) is 4.39 Å². The molecule has 10 heteroatoms. The molecule has 0 spiro atoms. The van der Waals surface area contributed by atoms with E-state index in [1.165, 1.54) is 30.0 Å². The maximum atomic E-state index is 14.0. The number of halogens is 1. The van der Waals surface area contributed by atoms with Gasteiger partial charge in [-0.2, -0.15) is 0 Å². The molecule has 8 nitrogen and oxygen atoms in total. The maximum Gasteiger partial charge on any atom is 0.258 e. The molecule has 2 N–H and O–H groups in total. The number of rotatable bonds is 8. The van der Waals surface area contributed by atoms with Crippen molar-refractivity contribution in [2.45, 2.75) is 12.1 Å². The molecule has 194 valence electrons. The Morgan fingerprint density at radius 1 is 0.897 bits per heavy atom. The highest BCUT2D eigenvalue weighted by atomic mass is 32.2. The summed E-state index contributed by atoms with van der Waals surface area (Å²) in [7, 11) is 0. The van der Waals surface area contributed by atoms with Crippen molar-refractivity contribution in [3.05, 3.63) is 114 Å². The third kappa shape index (κ3) is 6.02. The Hall–Kier alpha value is -4.83. The molecule has 0 radical (unpaired) electrons. The van der Waals surface area contributed by atoms with Gasteiger partial charge in [-0.05, 0) is 61.0 Å². The number of aryl methyl sites for hydroxylation is 1. The Bertz CT molecular complexity index is 1630. The largest absolute Gasteiger partial charge is 0.325 e. The van der Waals surface area contributed by atoms with Crippen molar-refractivity contribution < 1.29 is 14.0 Å².